The van der Waals surface area contributed by atoms with E-state index in [9.17, 15) is 9.59 Å². The number of benzene rings is 3. The van der Waals surface area contributed by atoms with Gasteiger partial charge in [-0.2, -0.15) is 0 Å². The molecule has 0 aliphatic heterocycles. The van der Waals surface area contributed by atoms with E-state index in [-0.39, 0.29) is 5.69 Å². The van der Waals surface area contributed by atoms with Crippen LogP contribution in [0.1, 0.15) is 10.5 Å². The number of amides is 1. The number of esters is 1. The van der Waals surface area contributed by atoms with Gasteiger partial charge in [-0.15, -0.1) is 0 Å². The molecule has 0 unspecified atom stereocenters. The highest BCUT2D eigenvalue weighted by Gasteiger charge is 2.13. The van der Waals surface area contributed by atoms with Crippen LogP contribution in [0.4, 0.5) is 5.69 Å². The van der Waals surface area contributed by atoms with E-state index in [0.29, 0.717) is 11.2 Å². The minimum absolute atomic E-state index is 0.168. The molecule has 1 N–H and O–H groups in total. The van der Waals surface area contributed by atoms with Crippen LogP contribution in [-0.2, 0) is 9.53 Å². The summed E-state index contributed by atoms with van der Waals surface area (Å²) in [5.74, 6) is -1.05. The number of pyridine rings is 1. The van der Waals surface area contributed by atoms with Crippen LogP contribution in [0.25, 0.3) is 10.9 Å². The number of rotatable bonds is 6. The lowest BCUT2D eigenvalue weighted by atomic mass is 10.2. The molecule has 4 rings (SSSR count). The fourth-order valence-electron chi connectivity index (χ4n) is 2.85. The first kappa shape index (κ1) is 19.7. The molecule has 5 nitrogen and oxygen atoms in total. The molecule has 0 spiro atoms. The summed E-state index contributed by atoms with van der Waals surface area (Å²) in [4.78, 5) is 30.9. The van der Waals surface area contributed by atoms with Gasteiger partial charge in [-0.1, -0.05) is 66.4 Å². The monoisotopic (exact) mass is 414 g/mol. The minimum Gasteiger partial charge on any atom is -0.451 e. The van der Waals surface area contributed by atoms with Crippen LogP contribution >= 0.6 is 11.8 Å². The number of aromatic nitrogens is 1. The van der Waals surface area contributed by atoms with E-state index in [0.717, 1.165) is 15.2 Å². The van der Waals surface area contributed by atoms with Gasteiger partial charge < -0.3 is 10.1 Å². The summed E-state index contributed by atoms with van der Waals surface area (Å²) in [7, 11) is 0. The molecule has 6 heteroatoms. The van der Waals surface area contributed by atoms with Crippen molar-refractivity contribution in [1.29, 1.82) is 0 Å². The number of carbonyl (C=O) groups excluding carboxylic acids is 2. The van der Waals surface area contributed by atoms with Crippen LogP contribution in [0.15, 0.2) is 101 Å². The van der Waals surface area contributed by atoms with Crippen LogP contribution < -0.4 is 5.32 Å². The fourth-order valence-corrected chi connectivity index (χ4v) is 3.77. The van der Waals surface area contributed by atoms with Crippen LogP contribution in [0.5, 0.6) is 0 Å². The molecule has 0 aliphatic carbocycles. The molecule has 1 heterocycles. The van der Waals surface area contributed by atoms with Crippen LogP contribution in [-0.4, -0.2) is 23.5 Å². The van der Waals surface area contributed by atoms with Crippen LogP contribution in [0, 0.1) is 0 Å². The largest absolute Gasteiger partial charge is 0.451 e. The van der Waals surface area contributed by atoms with Gasteiger partial charge in [-0.05, 0) is 36.4 Å². The van der Waals surface area contributed by atoms with Crippen molar-refractivity contribution in [1.82, 2.24) is 4.98 Å². The van der Waals surface area contributed by atoms with E-state index < -0.39 is 18.5 Å². The second-order valence-corrected chi connectivity index (χ2v) is 7.54. The van der Waals surface area contributed by atoms with Crippen LogP contribution in [0.2, 0.25) is 0 Å². The molecule has 1 amide bonds. The zero-order valence-electron chi connectivity index (χ0n) is 15.9. The first-order valence-corrected chi connectivity index (χ1v) is 10.2. The highest BCUT2D eigenvalue weighted by atomic mass is 32.2. The molecule has 0 fully saturated rings. The van der Waals surface area contributed by atoms with Crippen molar-refractivity contribution >= 4 is 40.2 Å². The molecule has 3 aromatic carbocycles. The van der Waals surface area contributed by atoms with Gasteiger partial charge in [-0.25, -0.2) is 9.78 Å². The van der Waals surface area contributed by atoms with Gasteiger partial charge in [0.05, 0.1) is 11.2 Å². The SMILES string of the molecule is O=C(COC(=O)c1ccc2ccccc2n1)Nc1ccccc1Sc1ccccc1. The molecule has 1 aromatic heterocycles. The van der Waals surface area contributed by atoms with Gasteiger partial charge in [0, 0.05) is 15.2 Å². The molecule has 0 bridgehead atoms. The Labute approximate surface area is 178 Å². The second-order valence-electron chi connectivity index (χ2n) is 6.42. The van der Waals surface area contributed by atoms with Gasteiger partial charge in [-0.3, -0.25) is 4.79 Å². The molecular weight excluding hydrogens is 396 g/mol. The van der Waals surface area contributed by atoms with E-state index in [1.54, 1.807) is 23.9 Å². The third-order valence-electron chi connectivity index (χ3n) is 4.27. The average molecular weight is 414 g/mol. The molecule has 4 aromatic rings. The number of fused-ring (bicyclic) bond motifs is 1. The summed E-state index contributed by atoms with van der Waals surface area (Å²) < 4.78 is 5.15. The molecule has 0 aliphatic rings. The maximum absolute atomic E-state index is 12.3. The summed E-state index contributed by atoms with van der Waals surface area (Å²) in [6.45, 7) is -0.391. The fraction of sp³-hybridized carbons (Fsp3) is 0.0417. The Morgan fingerprint density at radius 1 is 0.833 bits per heavy atom. The summed E-state index contributed by atoms with van der Waals surface area (Å²) in [6.07, 6.45) is 0. The zero-order chi connectivity index (χ0) is 20.8. The number of nitrogens with one attached hydrogen (secondary N) is 1. The van der Waals surface area contributed by atoms with E-state index in [1.807, 2.05) is 78.9 Å². The van der Waals surface area contributed by atoms with E-state index in [2.05, 4.69) is 10.3 Å². The number of anilines is 1. The number of ether oxygens (including phenoxy) is 1. The molecule has 0 radical (unpaired) electrons. The highest BCUT2D eigenvalue weighted by molar-refractivity contribution is 7.99. The Morgan fingerprint density at radius 3 is 2.43 bits per heavy atom. The van der Waals surface area contributed by atoms with Crippen molar-refractivity contribution in [3.63, 3.8) is 0 Å². The van der Waals surface area contributed by atoms with Crippen molar-refractivity contribution < 1.29 is 14.3 Å². The Bertz CT molecular complexity index is 1200. The first-order chi connectivity index (χ1) is 14.7. The number of carbonyl (C=O) groups is 2. The molecule has 30 heavy (non-hydrogen) atoms. The molecule has 0 saturated carbocycles. The number of para-hydroxylation sites is 2. The van der Waals surface area contributed by atoms with Crippen molar-refractivity contribution in [3.8, 4) is 0 Å². The summed E-state index contributed by atoms with van der Waals surface area (Å²) in [5, 5.41) is 3.74. The highest BCUT2D eigenvalue weighted by Crippen LogP contribution is 2.33. The van der Waals surface area contributed by atoms with Crippen LogP contribution in [0.3, 0.4) is 0 Å². The van der Waals surface area contributed by atoms with Crippen molar-refractivity contribution in [2.24, 2.45) is 0 Å². The van der Waals surface area contributed by atoms with E-state index >= 15 is 0 Å². The van der Waals surface area contributed by atoms with Gasteiger partial charge in [0.25, 0.3) is 5.91 Å². The van der Waals surface area contributed by atoms with Gasteiger partial charge >= 0.3 is 5.97 Å². The molecule has 0 saturated heterocycles. The number of hydrogen-bond donors (Lipinski definition) is 1. The smallest absolute Gasteiger partial charge is 0.357 e. The number of nitrogens with zero attached hydrogens (tertiary/aromatic N) is 1. The van der Waals surface area contributed by atoms with Gasteiger partial charge in [0.2, 0.25) is 0 Å². The van der Waals surface area contributed by atoms with E-state index in [1.165, 1.54) is 0 Å². The normalized spacial score (nSPS) is 10.5. The Balaban J connectivity index is 1.38. The first-order valence-electron chi connectivity index (χ1n) is 9.34. The summed E-state index contributed by atoms with van der Waals surface area (Å²) in [6, 6.07) is 28.3. The zero-order valence-corrected chi connectivity index (χ0v) is 16.8. The van der Waals surface area contributed by atoms with Gasteiger partial charge in [0.1, 0.15) is 5.69 Å². The Morgan fingerprint density at radius 2 is 1.57 bits per heavy atom. The summed E-state index contributed by atoms with van der Waals surface area (Å²) in [5.41, 5.74) is 1.53. The topological polar surface area (TPSA) is 68.3 Å². The molecule has 0 atom stereocenters. The summed E-state index contributed by atoms with van der Waals surface area (Å²) >= 11 is 1.55. The Hall–Kier alpha value is -3.64. The van der Waals surface area contributed by atoms with Crippen molar-refractivity contribution in [3.05, 3.63) is 96.7 Å². The van der Waals surface area contributed by atoms with Crippen molar-refractivity contribution in [2.75, 3.05) is 11.9 Å². The quantitative estimate of drug-likeness (QED) is 0.440. The third-order valence-corrected chi connectivity index (χ3v) is 5.36. The lowest BCUT2D eigenvalue weighted by Crippen LogP contribution is -2.21. The third kappa shape index (κ3) is 4.85. The second kappa shape index (κ2) is 9.24. The average Bonchev–Trinajstić information content (AvgIpc) is 2.79. The standard InChI is InChI=1S/C24H18N2O3S/c27-23(16-29-24(28)21-15-14-17-8-4-5-11-19(17)25-21)26-20-12-6-7-13-22(20)30-18-9-2-1-3-10-18/h1-15H,16H2,(H,26,27). The maximum Gasteiger partial charge on any atom is 0.357 e. The number of hydrogen-bond acceptors (Lipinski definition) is 5. The minimum atomic E-state index is -0.636. The molecule has 148 valence electrons. The Kier molecular flexibility index (Phi) is 6.06. The van der Waals surface area contributed by atoms with E-state index in [4.69, 9.17) is 4.74 Å². The lowest BCUT2D eigenvalue weighted by molar-refractivity contribution is -0.119. The predicted octanol–water partition coefficient (Wildman–Crippen LogP) is 5.18. The maximum atomic E-state index is 12.3. The van der Waals surface area contributed by atoms with Gasteiger partial charge in [0.15, 0.2) is 6.61 Å². The predicted molar refractivity (Wildman–Crippen MR) is 118 cm³/mol. The van der Waals surface area contributed by atoms with Crippen molar-refractivity contribution in [2.45, 2.75) is 9.79 Å². The molecular formula is C24H18N2O3S. The lowest BCUT2D eigenvalue weighted by Gasteiger charge is -2.11.